The lowest BCUT2D eigenvalue weighted by atomic mass is 10.1. The van der Waals surface area contributed by atoms with Crippen LogP contribution < -0.4 is 0 Å². The third-order valence-corrected chi connectivity index (χ3v) is 4.14. The van der Waals surface area contributed by atoms with E-state index in [9.17, 15) is 5.11 Å². The van der Waals surface area contributed by atoms with Crippen LogP contribution in [0.2, 0.25) is 5.02 Å². The molecule has 5 heteroatoms. The molecule has 1 saturated heterocycles. The van der Waals surface area contributed by atoms with Crippen molar-refractivity contribution in [3.8, 4) is 5.75 Å². The largest absolute Gasteiger partial charge is 0.507 e. The third-order valence-electron chi connectivity index (χ3n) is 3.91. The van der Waals surface area contributed by atoms with E-state index < -0.39 is 0 Å². The van der Waals surface area contributed by atoms with Gasteiger partial charge in [-0.3, -0.25) is 4.90 Å². The molecule has 2 rings (SSSR count). The van der Waals surface area contributed by atoms with Gasteiger partial charge in [-0.05, 0) is 39.2 Å². The fourth-order valence-corrected chi connectivity index (χ4v) is 3.21. The van der Waals surface area contributed by atoms with Gasteiger partial charge in [0.15, 0.2) is 0 Å². The molecule has 1 atom stereocenters. The van der Waals surface area contributed by atoms with Gasteiger partial charge in [-0.15, -0.1) is 0 Å². The Balaban J connectivity index is 2.01. The number of halogens is 1. The van der Waals surface area contributed by atoms with Gasteiger partial charge < -0.3 is 14.7 Å². The number of rotatable bonds is 5. The van der Waals surface area contributed by atoms with E-state index in [1.165, 1.54) is 5.57 Å². The van der Waals surface area contributed by atoms with Gasteiger partial charge in [0.25, 0.3) is 0 Å². The van der Waals surface area contributed by atoms with Crippen LogP contribution in [0.25, 0.3) is 6.08 Å². The number of phenols is 1. The minimum atomic E-state index is 0.262. The average molecular weight is 339 g/mol. The highest BCUT2D eigenvalue weighted by atomic mass is 35.5. The van der Waals surface area contributed by atoms with E-state index in [4.69, 9.17) is 16.3 Å². The number of aromatic hydroxyl groups is 1. The second-order valence-electron chi connectivity index (χ2n) is 6.63. The summed E-state index contributed by atoms with van der Waals surface area (Å²) in [5, 5.41) is 10.6. The Morgan fingerprint density at radius 1 is 1.48 bits per heavy atom. The number of phenolic OH excluding ortho intramolecular Hbond substituents is 1. The third kappa shape index (κ3) is 6.15. The van der Waals surface area contributed by atoms with Crippen molar-refractivity contribution < 1.29 is 9.84 Å². The average Bonchev–Trinajstić information content (AvgIpc) is 2.67. The van der Waals surface area contributed by atoms with Gasteiger partial charge in [-0.2, -0.15) is 0 Å². The second-order valence-corrected chi connectivity index (χ2v) is 7.07. The van der Waals surface area contributed by atoms with Crippen molar-refractivity contribution in [2.75, 3.05) is 53.5 Å². The molecule has 1 aromatic carbocycles. The SMILES string of the molecule is C/C(=C\c1cc(Cl)ccc1O)CN1CCOC[C@@H](CN(C)C)C1. The minimum absolute atomic E-state index is 0.262. The van der Waals surface area contributed by atoms with E-state index in [2.05, 4.69) is 30.8 Å². The summed E-state index contributed by atoms with van der Waals surface area (Å²) in [7, 11) is 4.20. The van der Waals surface area contributed by atoms with Gasteiger partial charge in [0.2, 0.25) is 0 Å². The van der Waals surface area contributed by atoms with Crippen LogP contribution >= 0.6 is 11.6 Å². The van der Waals surface area contributed by atoms with E-state index in [1.54, 1.807) is 18.2 Å². The zero-order chi connectivity index (χ0) is 16.8. The number of nitrogens with zero attached hydrogens (tertiary/aromatic N) is 2. The first kappa shape index (κ1) is 18.3. The standard InChI is InChI=1S/C18H27ClN2O2/c1-14(8-16-9-17(19)4-5-18(16)22)10-21-6-7-23-13-15(12-21)11-20(2)3/h4-5,8-9,15,22H,6-7,10-13H2,1-3H3/b14-8+/t15-/m0/s1. The van der Waals surface area contributed by atoms with Gasteiger partial charge in [0, 0.05) is 42.7 Å². The maximum Gasteiger partial charge on any atom is 0.122 e. The molecule has 0 amide bonds. The maximum atomic E-state index is 9.93. The Morgan fingerprint density at radius 2 is 2.26 bits per heavy atom. The molecular formula is C18H27ClN2O2. The molecular weight excluding hydrogens is 312 g/mol. The first-order valence-corrected chi connectivity index (χ1v) is 8.42. The number of hydrogen-bond acceptors (Lipinski definition) is 4. The van der Waals surface area contributed by atoms with E-state index in [0.29, 0.717) is 10.9 Å². The summed E-state index contributed by atoms with van der Waals surface area (Å²) in [4.78, 5) is 4.64. The zero-order valence-electron chi connectivity index (χ0n) is 14.3. The van der Waals surface area contributed by atoms with Crippen molar-refractivity contribution in [3.05, 3.63) is 34.4 Å². The van der Waals surface area contributed by atoms with Crippen LogP contribution in [0, 0.1) is 5.92 Å². The molecule has 0 spiro atoms. The molecule has 1 aliphatic heterocycles. The lowest BCUT2D eigenvalue weighted by Crippen LogP contribution is -2.35. The lowest BCUT2D eigenvalue weighted by Gasteiger charge is -2.25. The molecule has 1 aliphatic rings. The Labute approximate surface area is 144 Å². The Kier molecular flexibility index (Phi) is 6.90. The predicted octanol–water partition coefficient (Wildman–Crippen LogP) is 2.96. The summed E-state index contributed by atoms with van der Waals surface area (Å²) in [5.41, 5.74) is 1.97. The van der Waals surface area contributed by atoms with Gasteiger partial charge in [0.05, 0.1) is 13.2 Å². The van der Waals surface area contributed by atoms with E-state index in [1.807, 2.05) is 6.08 Å². The van der Waals surface area contributed by atoms with Crippen LogP contribution in [-0.2, 0) is 4.74 Å². The van der Waals surface area contributed by atoms with Crippen LogP contribution in [0.4, 0.5) is 0 Å². The molecule has 0 radical (unpaired) electrons. The highest BCUT2D eigenvalue weighted by Crippen LogP contribution is 2.24. The summed E-state index contributed by atoms with van der Waals surface area (Å²) in [6.07, 6.45) is 2.01. The van der Waals surface area contributed by atoms with Crippen LogP contribution in [0.1, 0.15) is 12.5 Å². The monoisotopic (exact) mass is 338 g/mol. The van der Waals surface area contributed by atoms with Gasteiger partial charge >= 0.3 is 0 Å². The molecule has 0 unspecified atom stereocenters. The molecule has 128 valence electrons. The summed E-state index contributed by atoms with van der Waals surface area (Å²) in [6, 6.07) is 5.12. The maximum absolute atomic E-state index is 9.93. The Morgan fingerprint density at radius 3 is 3.00 bits per heavy atom. The predicted molar refractivity (Wildman–Crippen MR) is 96.1 cm³/mol. The second kappa shape index (κ2) is 8.69. The van der Waals surface area contributed by atoms with Gasteiger partial charge in [-0.1, -0.05) is 23.3 Å². The van der Waals surface area contributed by atoms with Crippen LogP contribution in [0.3, 0.4) is 0 Å². The van der Waals surface area contributed by atoms with E-state index in [0.717, 1.165) is 45.0 Å². The van der Waals surface area contributed by atoms with Crippen molar-refractivity contribution in [2.24, 2.45) is 5.92 Å². The lowest BCUT2D eigenvalue weighted by molar-refractivity contribution is 0.112. The zero-order valence-corrected chi connectivity index (χ0v) is 15.0. The first-order valence-electron chi connectivity index (χ1n) is 8.04. The van der Waals surface area contributed by atoms with Gasteiger partial charge in [-0.25, -0.2) is 0 Å². The fourth-order valence-electron chi connectivity index (χ4n) is 3.03. The number of benzene rings is 1. The molecule has 0 saturated carbocycles. The number of hydrogen-bond donors (Lipinski definition) is 1. The van der Waals surface area contributed by atoms with Crippen LogP contribution in [0.15, 0.2) is 23.8 Å². The fraction of sp³-hybridized carbons (Fsp3) is 0.556. The van der Waals surface area contributed by atoms with Crippen molar-refractivity contribution in [2.45, 2.75) is 6.92 Å². The van der Waals surface area contributed by atoms with Crippen LogP contribution in [-0.4, -0.2) is 68.4 Å². The summed E-state index contributed by atoms with van der Waals surface area (Å²) in [6.45, 7) is 7.58. The molecule has 1 heterocycles. The first-order chi connectivity index (χ1) is 10.9. The molecule has 23 heavy (non-hydrogen) atoms. The molecule has 0 bridgehead atoms. The molecule has 4 nitrogen and oxygen atoms in total. The smallest absolute Gasteiger partial charge is 0.122 e. The normalized spacial score (nSPS) is 20.7. The van der Waals surface area contributed by atoms with Crippen molar-refractivity contribution >= 4 is 17.7 Å². The summed E-state index contributed by atoms with van der Waals surface area (Å²) >= 11 is 6.01. The van der Waals surface area contributed by atoms with Gasteiger partial charge in [0.1, 0.15) is 5.75 Å². The topological polar surface area (TPSA) is 35.9 Å². The van der Waals surface area contributed by atoms with Crippen molar-refractivity contribution in [1.29, 1.82) is 0 Å². The Bertz CT molecular complexity index is 546. The summed E-state index contributed by atoms with van der Waals surface area (Å²) < 4.78 is 5.73. The van der Waals surface area contributed by atoms with Crippen LogP contribution in [0.5, 0.6) is 5.75 Å². The van der Waals surface area contributed by atoms with Crippen molar-refractivity contribution in [3.63, 3.8) is 0 Å². The molecule has 1 fully saturated rings. The minimum Gasteiger partial charge on any atom is -0.507 e. The molecule has 0 aliphatic carbocycles. The molecule has 1 N–H and O–H groups in total. The molecule has 1 aromatic rings. The van der Waals surface area contributed by atoms with E-state index >= 15 is 0 Å². The highest BCUT2D eigenvalue weighted by Gasteiger charge is 2.19. The van der Waals surface area contributed by atoms with E-state index in [-0.39, 0.29) is 5.75 Å². The quantitative estimate of drug-likeness (QED) is 0.895. The molecule has 0 aromatic heterocycles. The summed E-state index contributed by atoms with van der Waals surface area (Å²) in [5.74, 6) is 0.790. The Hall–Kier alpha value is -1.07. The number of ether oxygens (including phenoxy) is 1. The highest BCUT2D eigenvalue weighted by molar-refractivity contribution is 6.30. The van der Waals surface area contributed by atoms with Crippen molar-refractivity contribution in [1.82, 2.24) is 9.80 Å².